The van der Waals surface area contributed by atoms with Crippen molar-refractivity contribution in [3.05, 3.63) is 34.1 Å². The molecule has 0 radical (unpaired) electrons. The number of halogens is 1. The van der Waals surface area contributed by atoms with Gasteiger partial charge in [-0.25, -0.2) is 13.4 Å². The average molecular weight is 540 g/mol. The zero-order valence-corrected chi connectivity index (χ0v) is 19.8. The van der Waals surface area contributed by atoms with E-state index in [1.54, 1.807) is 24.5 Å². The van der Waals surface area contributed by atoms with Crippen LogP contribution in [0.1, 0.15) is 15.6 Å². The second kappa shape index (κ2) is 10.5. The standard InChI is InChI=1S/C16H24N6O3S2.HI/c1-13-11-19-15(26-13)3-5-18-16(17-2)21-6-8-22(9-7-21)27(23,24)12-14-4-10-25-20-14;/h4,10-11H,3,5-9,12H2,1-2H3,(H,17,18);1H. The molecule has 28 heavy (non-hydrogen) atoms. The van der Waals surface area contributed by atoms with Crippen LogP contribution in [-0.2, 0) is 22.2 Å². The highest BCUT2D eigenvalue weighted by Crippen LogP contribution is 2.13. The molecule has 1 fully saturated rings. The summed E-state index contributed by atoms with van der Waals surface area (Å²) in [4.78, 5) is 12.0. The first-order valence-corrected chi connectivity index (χ1v) is 11.1. The van der Waals surface area contributed by atoms with Gasteiger partial charge >= 0.3 is 0 Å². The van der Waals surface area contributed by atoms with E-state index in [-0.39, 0.29) is 29.7 Å². The fraction of sp³-hybridized carbons (Fsp3) is 0.562. The highest BCUT2D eigenvalue weighted by atomic mass is 127. The number of hydrogen-bond donors (Lipinski definition) is 1. The molecule has 0 unspecified atom stereocenters. The molecule has 0 aliphatic carbocycles. The molecule has 2 aromatic heterocycles. The Bertz CT molecular complexity index is 861. The predicted octanol–water partition coefficient (Wildman–Crippen LogP) is 1.32. The Morgan fingerprint density at radius 1 is 1.36 bits per heavy atom. The first kappa shape index (κ1) is 23.0. The first-order chi connectivity index (χ1) is 13.0. The van der Waals surface area contributed by atoms with Gasteiger partial charge in [0.2, 0.25) is 10.0 Å². The molecule has 12 heteroatoms. The Morgan fingerprint density at radius 2 is 2.11 bits per heavy atom. The van der Waals surface area contributed by atoms with Crippen molar-refractivity contribution < 1.29 is 12.9 Å². The number of nitrogens with zero attached hydrogens (tertiary/aromatic N) is 5. The van der Waals surface area contributed by atoms with Gasteiger partial charge in [0.15, 0.2) is 5.96 Å². The second-order valence-corrected chi connectivity index (χ2v) is 9.51. The monoisotopic (exact) mass is 540 g/mol. The third-order valence-electron chi connectivity index (χ3n) is 4.26. The summed E-state index contributed by atoms with van der Waals surface area (Å²) in [5.41, 5.74) is 0.423. The van der Waals surface area contributed by atoms with Crippen LogP contribution in [0.5, 0.6) is 0 Å². The van der Waals surface area contributed by atoms with E-state index in [9.17, 15) is 8.42 Å². The zero-order valence-electron chi connectivity index (χ0n) is 15.9. The quantitative estimate of drug-likeness (QED) is 0.335. The molecule has 1 N–H and O–H groups in total. The SMILES string of the molecule is CN=C(NCCc1ncc(C)s1)N1CCN(S(=O)(=O)Cc2ccon2)CC1.I. The van der Waals surface area contributed by atoms with Gasteiger partial charge in [-0.1, -0.05) is 5.16 Å². The minimum atomic E-state index is -3.40. The van der Waals surface area contributed by atoms with Crippen molar-refractivity contribution in [1.82, 2.24) is 24.7 Å². The Labute approximate surface area is 186 Å². The third kappa shape index (κ3) is 6.12. The maximum absolute atomic E-state index is 12.5. The van der Waals surface area contributed by atoms with E-state index >= 15 is 0 Å². The largest absolute Gasteiger partial charge is 0.364 e. The Kier molecular flexibility index (Phi) is 8.64. The Morgan fingerprint density at radius 3 is 2.68 bits per heavy atom. The van der Waals surface area contributed by atoms with E-state index in [1.807, 2.05) is 13.1 Å². The molecule has 156 valence electrons. The molecule has 2 aromatic rings. The highest BCUT2D eigenvalue weighted by Gasteiger charge is 2.28. The van der Waals surface area contributed by atoms with Gasteiger partial charge in [-0.2, -0.15) is 4.31 Å². The molecular formula is C16H25IN6O3S2. The summed E-state index contributed by atoms with van der Waals surface area (Å²) in [6.07, 6.45) is 4.10. The first-order valence-electron chi connectivity index (χ1n) is 8.72. The normalized spacial score (nSPS) is 16.1. The smallest absolute Gasteiger partial charge is 0.220 e. The topological polar surface area (TPSA) is 104 Å². The van der Waals surface area contributed by atoms with E-state index < -0.39 is 10.0 Å². The molecule has 0 spiro atoms. The van der Waals surface area contributed by atoms with Crippen molar-refractivity contribution in [2.24, 2.45) is 4.99 Å². The van der Waals surface area contributed by atoms with Gasteiger partial charge in [0.25, 0.3) is 0 Å². The van der Waals surface area contributed by atoms with E-state index in [2.05, 4.69) is 25.3 Å². The van der Waals surface area contributed by atoms with Crippen molar-refractivity contribution >= 4 is 51.3 Å². The van der Waals surface area contributed by atoms with Gasteiger partial charge in [-0.3, -0.25) is 4.99 Å². The van der Waals surface area contributed by atoms with Gasteiger partial charge in [0, 0.05) is 63.3 Å². The molecule has 1 aliphatic rings. The Balaban J connectivity index is 0.00000280. The van der Waals surface area contributed by atoms with Crippen molar-refractivity contribution in [2.75, 3.05) is 39.8 Å². The number of thiazole rings is 1. The van der Waals surface area contributed by atoms with Gasteiger partial charge in [0.05, 0.1) is 10.7 Å². The number of sulfonamides is 1. The van der Waals surface area contributed by atoms with Crippen LogP contribution in [0.3, 0.4) is 0 Å². The number of aromatic nitrogens is 2. The van der Waals surface area contributed by atoms with E-state index in [4.69, 9.17) is 4.52 Å². The number of rotatable bonds is 6. The molecule has 1 aliphatic heterocycles. The molecule has 3 rings (SSSR count). The molecule has 0 saturated carbocycles. The summed E-state index contributed by atoms with van der Waals surface area (Å²) >= 11 is 1.70. The minimum Gasteiger partial charge on any atom is -0.364 e. The second-order valence-electron chi connectivity index (χ2n) is 6.22. The maximum atomic E-state index is 12.5. The lowest BCUT2D eigenvalue weighted by Gasteiger charge is -2.35. The minimum absolute atomic E-state index is 0. The van der Waals surface area contributed by atoms with Crippen molar-refractivity contribution in [3.8, 4) is 0 Å². The van der Waals surface area contributed by atoms with E-state index in [1.165, 1.54) is 15.4 Å². The predicted molar refractivity (Wildman–Crippen MR) is 120 cm³/mol. The Hall–Kier alpha value is -1.25. The van der Waals surface area contributed by atoms with Crippen LogP contribution in [0.2, 0.25) is 0 Å². The number of aliphatic imine (C=N–C) groups is 1. The van der Waals surface area contributed by atoms with Gasteiger partial charge in [-0.05, 0) is 6.92 Å². The van der Waals surface area contributed by atoms with Crippen molar-refractivity contribution in [3.63, 3.8) is 0 Å². The number of aryl methyl sites for hydroxylation is 1. The third-order valence-corrected chi connectivity index (χ3v) is 7.04. The van der Waals surface area contributed by atoms with Gasteiger partial charge in [0.1, 0.15) is 12.0 Å². The summed E-state index contributed by atoms with van der Waals surface area (Å²) in [5, 5.41) is 8.12. The molecule has 9 nitrogen and oxygen atoms in total. The summed E-state index contributed by atoms with van der Waals surface area (Å²) in [6.45, 7) is 4.81. The maximum Gasteiger partial charge on any atom is 0.220 e. The van der Waals surface area contributed by atoms with Crippen molar-refractivity contribution in [1.29, 1.82) is 0 Å². The summed E-state index contributed by atoms with van der Waals surface area (Å²) in [5.74, 6) is 0.654. The molecule has 0 aromatic carbocycles. The van der Waals surface area contributed by atoms with E-state index in [0.717, 1.165) is 23.9 Å². The molecule has 1 saturated heterocycles. The van der Waals surface area contributed by atoms with Crippen LogP contribution >= 0.6 is 35.3 Å². The summed E-state index contributed by atoms with van der Waals surface area (Å²) < 4.78 is 31.2. The molecule has 0 atom stereocenters. The average Bonchev–Trinajstić information content (AvgIpc) is 3.30. The van der Waals surface area contributed by atoms with Gasteiger partial charge in [-0.15, -0.1) is 35.3 Å². The van der Waals surface area contributed by atoms with Crippen LogP contribution in [0.25, 0.3) is 0 Å². The fourth-order valence-corrected chi connectivity index (χ4v) is 5.11. The van der Waals surface area contributed by atoms with Gasteiger partial charge < -0.3 is 14.7 Å². The van der Waals surface area contributed by atoms with Crippen molar-refractivity contribution in [2.45, 2.75) is 19.1 Å². The molecular weight excluding hydrogens is 515 g/mol. The van der Waals surface area contributed by atoms with Crippen LogP contribution in [-0.4, -0.2) is 73.5 Å². The summed E-state index contributed by atoms with van der Waals surface area (Å²) in [7, 11) is -1.66. The summed E-state index contributed by atoms with van der Waals surface area (Å²) in [6, 6.07) is 1.57. The van der Waals surface area contributed by atoms with E-state index in [0.29, 0.717) is 31.9 Å². The van der Waals surface area contributed by atoms with Crippen LogP contribution in [0, 0.1) is 6.92 Å². The fourth-order valence-electron chi connectivity index (χ4n) is 2.90. The zero-order chi connectivity index (χ0) is 19.3. The number of nitrogens with one attached hydrogen (secondary N) is 1. The van der Waals surface area contributed by atoms with Crippen LogP contribution in [0.15, 0.2) is 28.0 Å². The number of guanidine groups is 1. The van der Waals surface area contributed by atoms with Crippen LogP contribution < -0.4 is 5.32 Å². The number of hydrogen-bond acceptors (Lipinski definition) is 7. The lowest BCUT2D eigenvalue weighted by atomic mass is 10.4. The van der Waals surface area contributed by atoms with Crippen LogP contribution in [0.4, 0.5) is 0 Å². The molecule has 0 bridgehead atoms. The lowest BCUT2D eigenvalue weighted by Crippen LogP contribution is -2.54. The molecule has 3 heterocycles. The highest BCUT2D eigenvalue weighted by molar-refractivity contribution is 14.0. The number of piperazine rings is 1. The molecule has 0 amide bonds. The lowest BCUT2D eigenvalue weighted by molar-refractivity contribution is 0.260.